The molecule has 0 saturated heterocycles. The Morgan fingerprint density at radius 2 is 0.828 bits per heavy atom. The molecule has 0 unspecified atom stereocenters. The molecule has 0 atom stereocenters. The predicted octanol–water partition coefficient (Wildman–Crippen LogP) is -2.18. The van der Waals surface area contributed by atoms with Crippen molar-refractivity contribution >= 4 is 5.95 Å². The molecule has 1 aromatic heterocycles. The third kappa shape index (κ3) is 2.98. The highest BCUT2D eigenvalue weighted by Crippen LogP contribution is 2.29. The first kappa shape index (κ1) is 22.3. The molecule has 0 bridgehead atoms. The number of nitro groups is 6. The Balaban J connectivity index is 4.24. The van der Waals surface area contributed by atoms with Crippen LogP contribution in [-0.2, 0) is 11.6 Å². The average Bonchev–Trinajstić information content (AvgIpc) is 2.53. The maximum Gasteiger partial charge on any atom is 0.763 e. The molecule has 0 N–H and O–H groups in total. The van der Waals surface area contributed by atoms with Gasteiger partial charge in [-0.1, -0.05) is 0 Å². The summed E-state index contributed by atoms with van der Waals surface area (Å²) in [4.78, 5) is 63.9. The maximum absolute atomic E-state index is 11.2. The van der Waals surface area contributed by atoms with Gasteiger partial charge in [0.15, 0.2) is 29.5 Å². The molecule has 22 nitrogen and oxygen atoms in total. The Labute approximate surface area is 154 Å². The average molecular weight is 422 g/mol. The van der Waals surface area contributed by atoms with Gasteiger partial charge >= 0.3 is 23.2 Å². The highest BCUT2D eigenvalue weighted by Gasteiger charge is 2.80. The van der Waals surface area contributed by atoms with E-state index in [0.29, 0.717) is 4.90 Å². The van der Waals surface area contributed by atoms with Crippen molar-refractivity contribution in [2.45, 2.75) is 11.6 Å². The minimum Gasteiger partial charge on any atom is -0.347 e. The van der Waals surface area contributed by atoms with Crippen LogP contribution in [0.25, 0.3) is 0 Å². The van der Waals surface area contributed by atoms with E-state index >= 15 is 0 Å². The van der Waals surface area contributed by atoms with Crippen molar-refractivity contribution in [2.75, 3.05) is 19.0 Å². The SMILES string of the molecule is CN(C)c1nc(C([N+](=O)[O-])([N+](=O)[O-])[N+](=O)[O-])nc(C([N+](=O)[O-])([N+](=O)[O-])[N+](=O)[O-])n1. The molecule has 0 saturated carbocycles. The van der Waals surface area contributed by atoms with Gasteiger partial charge in [0, 0.05) is 14.1 Å². The predicted molar refractivity (Wildman–Crippen MR) is 79.5 cm³/mol. The number of hydrogen-bond acceptors (Lipinski definition) is 16. The fourth-order valence-corrected chi connectivity index (χ4v) is 1.75. The van der Waals surface area contributed by atoms with E-state index in [2.05, 4.69) is 15.0 Å². The van der Waals surface area contributed by atoms with Gasteiger partial charge in [-0.25, -0.2) is 0 Å². The summed E-state index contributed by atoms with van der Waals surface area (Å²) in [7, 11) is 2.03. The van der Waals surface area contributed by atoms with Crippen LogP contribution in [0.1, 0.15) is 11.6 Å². The van der Waals surface area contributed by atoms with Crippen molar-refractivity contribution in [3.63, 3.8) is 0 Å². The van der Waals surface area contributed by atoms with Crippen LogP contribution in [0.15, 0.2) is 0 Å². The van der Waals surface area contributed by atoms with Gasteiger partial charge in [-0.15, -0.1) is 0 Å². The Kier molecular flexibility index (Phi) is 5.43. The number of rotatable bonds is 9. The van der Waals surface area contributed by atoms with Crippen LogP contribution in [-0.4, -0.2) is 58.6 Å². The van der Waals surface area contributed by atoms with E-state index < -0.39 is 58.7 Å². The first-order valence-corrected chi connectivity index (χ1v) is 6.49. The summed E-state index contributed by atoms with van der Waals surface area (Å²) in [5, 5.41) is 66.9. The summed E-state index contributed by atoms with van der Waals surface area (Å²) in [5.74, 6) is -14.3. The van der Waals surface area contributed by atoms with E-state index in [1.54, 1.807) is 0 Å². The highest BCUT2D eigenvalue weighted by molar-refractivity contribution is 5.27. The Morgan fingerprint density at radius 3 is 1.00 bits per heavy atom. The van der Waals surface area contributed by atoms with E-state index in [1.807, 2.05) is 0 Å². The normalized spacial score (nSPS) is 11.4. The topological polar surface area (TPSA) is 301 Å². The molecule has 156 valence electrons. The molecule has 1 heterocycles. The molecule has 0 aromatic carbocycles. The minimum absolute atomic E-state index is 0.698. The van der Waals surface area contributed by atoms with E-state index in [-0.39, 0.29) is 0 Å². The second kappa shape index (κ2) is 7.08. The van der Waals surface area contributed by atoms with Crippen LogP contribution in [0.2, 0.25) is 0 Å². The molecule has 0 radical (unpaired) electrons. The van der Waals surface area contributed by atoms with Crippen LogP contribution < -0.4 is 4.90 Å². The third-order valence-corrected chi connectivity index (χ3v) is 3.15. The van der Waals surface area contributed by atoms with Crippen molar-refractivity contribution in [2.24, 2.45) is 0 Å². The summed E-state index contributed by atoms with van der Waals surface area (Å²) in [6.07, 6.45) is 0. The zero-order chi connectivity index (χ0) is 22.9. The molecule has 0 aliphatic heterocycles. The molecule has 29 heavy (non-hydrogen) atoms. The fraction of sp³-hybridized carbons (Fsp3) is 0.571. The molecular formula is C7H6N10O12. The van der Waals surface area contributed by atoms with Crippen LogP contribution >= 0.6 is 0 Å². The van der Waals surface area contributed by atoms with Gasteiger partial charge in [-0.05, 0) is 0 Å². The number of anilines is 1. The first-order chi connectivity index (χ1) is 13.2. The van der Waals surface area contributed by atoms with E-state index in [1.165, 1.54) is 0 Å². The lowest BCUT2D eigenvalue weighted by Crippen LogP contribution is -2.54. The molecule has 22 heteroatoms. The van der Waals surface area contributed by atoms with Crippen LogP contribution in [0.5, 0.6) is 0 Å². The summed E-state index contributed by atoms with van der Waals surface area (Å²) >= 11 is 0. The number of aromatic nitrogens is 3. The van der Waals surface area contributed by atoms with E-state index in [4.69, 9.17) is 0 Å². The van der Waals surface area contributed by atoms with Gasteiger partial charge in [0.25, 0.3) is 0 Å². The van der Waals surface area contributed by atoms with Crippen LogP contribution in [0.4, 0.5) is 5.95 Å². The molecule has 0 aliphatic rings. The van der Waals surface area contributed by atoms with Crippen molar-refractivity contribution in [3.8, 4) is 0 Å². The van der Waals surface area contributed by atoms with Gasteiger partial charge in [-0.2, -0.15) is 15.0 Å². The maximum atomic E-state index is 11.2. The Hall–Kier alpha value is -4.79. The summed E-state index contributed by atoms with van der Waals surface area (Å²) in [6, 6.07) is 0. The number of hydrogen-bond donors (Lipinski definition) is 0. The second-order valence-electron chi connectivity index (χ2n) is 4.99. The Bertz CT molecular complexity index is 803. The number of nitrogens with zero attached hydrogens (tertiary/aromatic N) is 10. The molecular weight excluding hydrogens is 416 g/mol. The molecule has 0 aliphatic carbocycles. The second-order valence-corrected chi connectivity index (χ2v) is 4.99. The van der Waals surface area contributed by atoms with Gasteiger partial charge in [-0.3, -0.25) is 60.7 Å². The quantitative estimate of drug-likeness (QED) is 0.232. The monoisotopic (exact) mass is 422 g/mol. The largest absolute Gasteiger partial charge is 0.763 e. The van der Waals surface area contributed by atoms with Crippen LogP contribution in [0, 0.1) is 60.7 Å². The molecule has 1 aromatic rings. The van der Waals surface area contributed by atoms with E-state index in [0.717, 1.165) is 14.1 Å². The standard InChI is InChI=1S/C7H6N10O12/c1-11(2)5-9-3(6(12(18)19,13(20)21)14(22)23)8-4(10-5)7(15(24)25,16(26)27)17(28)29/h1-2H3. The summed E-state index contributed by atoms with van der Waals surface area (Å²) in [6.45, 7) is 0. The molecule has 0 fully saturated rings. The van der Waals surface area contributed by atoms with Gasteiger partial charge in [0.05, 0.1) is 0 Å². The first-order valence-electron chi connectivity index (χ1n) is 6.49. The molecule has 0 amide bonds. The summed E-state index contributed by atoms with van der Waals surface area (Å²) < 4.78 is 0. The van der Waals surface area contributed by atoms with Crippen molar-refractivity contribution in [3.05, 3.63) is 72.3 Å². The highest BCUT2D eigenvalue weighted by atomic mass is 16.7. The van der Waals surface area contributed by atoms with Gasteiger partial charge in [0.1, 0.15) is 0 Å². The zero-order valence-corrected chi connectivity index (χ0v) is 13.9. The lowest BCUT2D eigenvalue weighted by atomic mass is 10.3. The van der Waals surface area contributed by atoms with Crippen molar-refractivity contribution in [1.29, 1.82) is 0 Å². The summed E-state index contributed by atoms with van der Waals surface area (Å²) in [5.41, 5.74) is 0. The van der Waals surface area contributed by atoms with Crippen molar-refractivity contribution in [1.82, 2.24) is 15.0 Å². The van der Waals surface area contributed by atoms with Gasteiger partial charge in [0.2, 0.25) is 5.95 Å². The lowest BCUT2D eigenvalue weighted by molar-refractivity contribution is -0.989. The molecule has 0 spiro atoms. The van der Waals surface area contributed by atoms with Crippen LogP contribution in [0.3, 0.4) is 0 Å². The smallest absolute Gasteiger partial charge is 0.347 e. The fourth-order valence-electron chi connectivity index (χ4n) is 1.75. The zero-order valence-electron chi connectivity index (χ0n) is 13.9. The van der Waals surface area contributed by atoms with E-state index in [9.17, 15) is 60.7 Å². The van der Waals surface area contributed by atoms with Gasteiger partial charge < -0.3 is 4.90 Å². The van der Waals surface area contributed by atoms with Crippen molar-refractivity contribution < 1.29 is 29.5 Å². The lowest BCUT2D eigenvalue weighted by Gasteiger charge is -2.14. The molecule has 1 rings (SSSR count). The Morgan fingerprint density at radius 1 is 0.586 bits per heavy atom. The third-order valence-electron chi connectivity index (χ3n) is 3.15. The minimum atomic E-state index is -4.60.